The van der Waals surface area contributed by atoms with E-state index >= 15 is 0 Å². The topological polar surface area (TPSA) is 9.23 Å². The fraction of sp³-hybridized carbons (Fsp3) is 1.00. The Balaban J connectivity index is 3.17. The first-order valence-electron chi connectivity index (χ1n) is 2.69. The fourth-order valence-corrected chi connectivity index (χ4v) is 1.04. The van der Waals surface area contributed by atoms with E-state index in [2.05, 4.69) is 13.8 Å². The van der Waals surface area contributed by atoms with Crippen molar-refractivity contribution in [1.82, 2.24) is 0 Å². The molecule has 0 saturated carbocycles. The van der Waals surface area contributed by atoms with E-state index in [0.717, 1.165) is 0 Å². The maximum Gasteiger partial charge on any atom is 0.110 e. The first-order chi connectivity index (χ1) is 3.68. The molecule has 0 saturated heterocycles. The Morgan fingerprint density at radius 2 is 1.88 bits per heavy atom. The number of rotatable bonds is 3. The molecular weight excluding hydrogens is 142 g/mol. The van der Waals surface area contributed by atoms with Gasteiger partial charge in [-0.1, -0.05) is 25.1 Å². The van der Waals surface area contributed by atoms with Crippen molar-refractivity contribution in [2.45, 2.75) is 26.9 Å². The molecule has 0 spiro atoms. The Morgan fingerprint density at radius 3 is 2.00 bits per heavy atom. The molecule has 0 radical (unpaired) electrons. The van der Waals surface area contributed by atoms with Gasteiger partial charge in [-0.05, 0) is 12.8 Å². The van der Waals surface area contributed by atoms with Crippen molar-refractivity contribution >= 4 is 19.4 Å². The summed E-state index contributed by atoms with van der Waals surface area (Å²) in [7, 11) is 0.103. The average Bonchev–Trinajstić information content (AvgIpc) is 1.67. The third-order valence-electron chi connectivity index (χ3n) is 1.17. The van der Waals surface area contributed by atoms with Crippen LogP contribution < -0.4 is 0 Å². The van der Waals surface area contributed by atoms with Crippen LogP contribution in [0, 0.1) is 5.92 Å². The van der Waals surface area contributed by atoms with E-state index in [1.807, 2.05) is 6.92 Å². The Morgan fingerprint density at radius 1 is 1.38 bits per heavy atom. The van der Waals surface area contributed by atoms with E-state index in [1.165, 1.54) is 0 Å². The molecule has 0 aromatic carbocycles. The summed E-state index contributed by atoms with van der Waals surface area (Å²) in [4.78, 5) is 0. The quantitative estimate of drug-likeness (QED) is 0.568. The van der Waals surface area contributed by atoms with E-state index in [0.29, 0.717) is 12.0 Å². The van der Waals surface area contributed by atoms with Crippen LogP contribution in [-0.2, 0) is 4.52 Å². The van der Waals surface area contributed by atoms with Gasteiger partial charge in [0.25, 0.3) is 0 Å². The zero-order valence-corrected chi connectivity index (χ0v) is 7.20. The van der Waals surface area contributed by atoms with Crippen LogP contribution in [0.25, 0.3) is 0 Å². The third kappa shape index (κ3) is 3.65. The molecule has 2 atom stereocenters. The minimum atomic E-state index is 0.103. The highest BCUT2D eigenvalue weighted by molar-refractivity contribution is 7.64. The summed E-state index contributed by atoms with van der Waals surface area (Å²) in [5.41, 5.74) is 0. The molecule has 2 unspecified atom stereocenters. The molecule has 0 rings (SSSR count). The Bertz CT molecular complexity index is 58.4. The van der Waals surface area contributed by atoms with Crippen LogP contribution in [0.1, 0.15) is 20.8 Å². The largest absolute Gasteiger partial charge is 0.343 e. The van der Waals surface area contributed by atoms with Gasteiger partial charge in [0.1, 0.15) is 8.16 Å². The van der Waals surface area contributed by atoms with Gasteiger partial charge in [0, 0.05) is 0 Å². The molecule has 1 nitrogen and oxygen atoms in total. The molecule has 0 bridgehead atoms. The minimum absolute atomic E-state index is 0.103. The van der Waals surface area contributed by atoms with Crippen LogP contribution in [0.5, 0.6) is 0 Å². The van der Waals surface area contributed by atoms with Crippen molar-refractivity contribution in [3.8, 4) is 0 Å². The van der Waals surface area contributed by atoms with Gasteiger partial charge in [0.15, 0.2) is 0 Å². The van der Waals surface area contributed by atoms with E-state index in [-0.39, 0.29) is 8.16 Å². The zero-order valence-electron chi connectivity index (χ0n) is 5.44. The summed E-state index contributed by atoms with van der Waals surface area (Å²) in [6, 6.07) is 0. The Hall–Kier alpha value is 0.680. The second kappa shape index (κ2) is 4.55. The maximum absolute atomic E-state index is 5.35. The molecule has 0 aliphatic rings. The van der Waals surface area contributed by atoms with Gasteiger partial charge in [-0.2, -0.15) is 0 Å². The lowest BCUT2D eigenvalue weighted by molar-refractivity contribution is 0.200. The zero-order chi connectivity index (χ0) is 6.57. The molecule has 3 heteroatoms. The number of hydrogen-bond donors (Lipinski definition) is 0. The predicted molar refractivity (Wildman–Crippen MR) is 39.6 cm³/mol. The highest BCUT2D eigenvalue weighted by Gasteiger charge is 2.04. The highest BCUT2D eigenvalue weighted by atomic mass is 35.7. The van der Waals surface area contributed by atoms with Crippen LogP contribution in [0.4, 0.5) is 0 Å². The molecule has 0 aliphatic carbocycles. The first kappa shape index (κ1) is 8.68. The summed E-state index contributed by atoms with van der Waals surface area (Å²) in [6.45, 7) is 6.25. The van der Waals surface area contributed by atoms with E-state index in [1.54, 1.807) is 0 Å². The molecule has 0 heterocycles. The highest BCUT2D eigenvalue weighted by Crippen LogP contribution is 2.22. The van der Waals surface area contributed by atoms with Gasteiger partial charge in [0.05, 0.1) is 6.10 Å². The molecule has 0 amide bonds. The van der Waals surface area contributed by atoms with E-state index in [9.17, 15) is 0 Å². The van der Waals surface area contributed by atoms with Crippen molar-refractivity contribution in [1.29, 1.82) is 0 Å². The summed E-state index contributed by atoms with van der Waals surface area (Å²) in [5, 5.41) is 0. The lowest BCUT2D eigenvalue weighted by Gasteiger charge is -2.12. The average molecular weight is 155 g/mol. The lowest BCUT2D eigenvalue weighted by atomic mass is 10.1. The second-order valence-electron chi connectivity index (χ2n) is 2.14. The van der Waals surface area contributed by atoms with Gasteiger partial charge >= 0.3 is 0 Å². The van der Waals surface area contributed by atoms with Crippen LogP contribution in [0.15, 0.2) is 0 Å². The van der Waals surface area contributed by atoms with Gasteiger partial charge in [-0.25, -0.2) is 0 Å². The van der Waals surface area contributed by atoms with Gasteiger partial charge in [-0.3, -0.25) is 0 Å². The summed E-state index contributed by atoms with van der Waals surface area (Å²) >= 11 is 5.35. The van der Waals surface area contributed by atoms with Crippen molar-refractivity contribution in [2.24, 2.45) is 5.92 Å². The smallest absolute Gasteiger partial charge is 0.110 e. The molecular formula is C5H12ClOP. The molecule has 0 aromatic rings. The van der Waals surface area contributed by atoms with E-state index in [4.69, 9.17) is 15.8 Å². The standard InChI is InChI=1S/C5H12ClOP/c1-4(2)5(3)7-8-6/h4-5,8H,1-3H3. The summed E-state index contributed by atoms with van der Waals surface area (Å²) in [6.07, 6.45) is 0.297. The van der Waals surface area contributed by atoms with Crippen molar-refractivity contribution in [3.63, 3.8) is 0 Å². The van der Waals surface area contributed by atoms with Crippen molar-refractivity contribution in [2.75, 3.05) is 0 Å². The monoisotopic (exact) mass is 154 g/mol. The van der Waals surface area contributed by atoms with Crippen LogP contribution >= 0.6 is 19.4 Å². The SMILES string of the molecule is CC(C)C(C)OPCl. The number of hydrogen-bond acceptors (Lipinski definition) is 1. The molecule has 0 N–H and O–H groups in total. The van der Waals surface area contributed by atoms with Crippen LogP contribution in [0.2, 0.25) is 0 Å². The molecule has 0 aliphatic heterocycles. The van der Waals surface area contributed by atoms with Crippen LogP contribution in [0.3, 0.4) is 0 Å². The van der Waals surface area contributed by atoms with Crippen molar-refractivity contribution < 1.29 is 4.52 Å². The fourth-order valence-electron chi connectivity index (χ4n) is 0.206. The second-order valence-corrected chi connectivity index (χ2v) is 3.00. The summed E-state index contributed by atoms with van der Waals surface area (Å²) < 4.78 is 5.10. The molecule has 0 aromatic heterocycles. The minimum Gasteiger partial charge on any atom is -0.343 e. The van der Waals surface area contributed by atoms with E-state index < -0.39 is 0 Å². The van der Waals surface area contributed by atoms with Gasteiger partial charge in [-0.15, -0.1) is 0 Å². The van der Waals surface area contributed by atoms with Gasteiger partial charge < -0.3 is 4.52 Å². The first-order valence-corrected chi connectivity index (χ1v) is 4.61. The van der Waals surface area contributed by atoms with Crippen LogP contribution in [-0.4, -0.2) is 6.10 Å². The number of halogens is 1. The molecule has 8 heavy (non-hydrogen) atoms. The Labute approximate surface area is 57.4 Å². The Kier molecular flexibility index (Phi) is 4.94. The molecule has 50 valence electrons. The van der Waals surface area contributed by atoms with Crippen molar-refractivity contribution in [3.05, 3.63) is 0 Å². The summed E-state index contributed by atoms with van der Waals surface area (Å²) in [5.74, 6) is 0.571. The third-order valence-corrected chi connectivity index (χ3v) is 1.90. The lowest BCUT2D eigenvalue weighted by Crippen LogP contribution is -2.09. The van der Waals surface area contributed by atoms with Gasteiger partial charge in [0.2, 0.25) is 0 Å². The maximum atomic E-state index is 5.35. The predicted octanol–water partition coefficient (Wildman–Crippen LogP) is 2.79. The normalized spacial score (nSPS) is 16.1. The molecule has 0 fully saturated rings.